The summed E-state index contributed by atoms with van der Waals surface area (Å²) in [4.78, 5) is 4.43. The second-order valence-corrected chi connectivity index (χ2v) is 5.75. The second kappa shape index (κ2) is 6.71. The zero-order valence-corrected chi connectivity index (χ0v) is 12.2. The molecule has 0 aliphatic heterocycles. The summed E-state index contributed by atoms with van der Waals surface area (Å²) in [7, 11) is 37.7. The van der Waals surface area contributed by atoms with Crippen LogP contribution < -0.4 is 22.0 Å². The maximum Gasteiger partial charge on any atom is 0.140 e. The van der Waals surface area contributed by atoms with Gasteiger partial charge in [0.1, 0.15) is 7.85 Å². The van der Waals surface area contributed by atoms with Crippen molar-refractivity contribution >= 4 is 95.7 Å². The Morgan fingerprint density at radius 2 is 1.60 bits per heavy atom. The van der Waals surface area contributed by atoms with Crippen molar-refractivity contribution in [1.29, 1.82) is 0 Å². The first-order valence-corrected chi connectivity index (χ1v) is 6.35. The fourth-order valence-corrected chi connectivity index (χ4v) is 2.19. The van der Waals surface area contributed by atoms with Crippen molar-refractivity contribution in [3.8, 4) is 0 Å². The summed E-state index contributed by atoms with van der Waals surface area (Å²) >= 11 is 0. The van der Waals surface area contributed by atoms with Crippen molar-refractivity contribution in [1.82, 2.24) is 4.98 Å². The van der Waals surface area contributed by atoms with E-state index >= 15 is 0 Å². The maximum atomic E-state index is 6.08. The van der Waals surface area contributed by atoms with E-state index in [0.717, 1.165) is 0 Å². The Morgan fingerprint density at radius 1 is 1.05 bits per heavy atom. The van der Waals surface area contributed by atoms with Gasteiger partial charge < -0.3 is 0 Å². The fourth-order valence-electron chi connectivity index (χ4n) is 2.19. The normalized spacial score (nSPS) is 10.9. The van der Waals surface area contributed by atoms with Gasteiger partial charge >= 0.3 is 0 Å². The Morgan fingerprint density at radius 3 is 1.95 bits per heavy atom. The van der Waals surface area contributed by atoms with Crippen molar-refractivity contribution in [2.45, 2.75) is 26.2 Å². The predicted molar refractivity (Wildman–Crippen MR) is 99.0 cm³/mol. The van der Waals surface area contributed by atoms with E-state index in [9.17, 15) is 0 Å². The Labute approximate surface area is 133 Å². The maximum absolute atomic E-state index is 6.08. The average molecular weight is 239 g/mol. The number of hydrogen-bond donors (Lipinski definition) is 0. The van der Waals surface area contributed by atoms with Gasteiger partial charge in [0.25, 0.3) is 0 Å². The minimum absolute atomic E-state index is 0.279. The topological polar surface area (TPSA) is 12.9 Å². The standard InChI is InChI=1S/C9H9B10N/c1-9(2,3)7-6(19(15)17-12)5(18(13)14)4(16-11)8(10)20-7/h1-3H3. The van der Waals surface area contributed by atoms with E-state index in [1.54, 1.807) is 0 Å². The van der Waals surface area contributed by atoms with Gasteiger partial charge in [-0.25, -0.2) is 0 Å². The highest BCUT2D eigenvalue weighted by Crippen LogP contribution is 2.16. The van der Waals surface area contributed by atoms with Crippen LogP contribution in [0.1, 0.15) is 26.5 Å². The van der Waals surface area contributed by atoms with E-state index in [-0.39, 0.29) is 11.0 Å². The van der Waals surface area contributed by atoms with Crippen LogP contribution in [-0.2, 0) is 5.41 Å². The lowest BCUT2D eigenvalue weighted by Crippen LogP contribution is -2.66. The van der Waals surface area contributed by atoms with Crippen molar-refractivity contribution in [3.63, 3.8) is 0 Å². The summed E-state index contributed by atoms with van der Waals surface area (Å²) < 4.78 is 0. The van der Waals surface area contributed by atoms with Gasteiger partial charge in [-0.3, -0.25) is 4.98 Å². The monoisotopic (exact) mass is 241 g/mol. The molecule has 1 heterocycles. The average Bonchev–Trinajstić information content (AvgIpc) is 2.35. The molecule has 0 aliphatic rings. The highest BCUT2D eigenvalue weighted by atomic mass is 14.7. The highest BCUT2D eigenvalue weighted by molar-refractivity contribution is 7.52. The fraction of sp³-hybridized carbons (Fsp3) is 0.444. The SMILES string of the molecule is [B][B]B([B])c1c(C(C)(C)C)nc([B])c([B][B])c1B([B])[B]. The number of nitrogens with zero attached hydrogens (tertiary/aromatic N) is 1. The zero-order chi connectivity index (χ0) is 15.7. The van der Waals surface area contributed by atoms with Crippen LogP contribution in [0.25, 0.3) is 0 Å². The third kappa shape index (κ3) is 3.52. The van der Waals surface area contributed by atoms with Crippen molar-refractivity contribution in [3.05, 3.63) is 5.69 Å². The van der Waals surface area contributed by atoms with Gasteiger partial charge in [-0.05, 0) is 5.59 Å². The minimum atomic E-state index is -0.780. The molecule has 11 heteroatoms. The molecule has 1 nitrogen and oxygen atoms in total. The van der Waals surface area contributed by atoms with E-state index in [1.807, 2.05) is 20.8 Å². The molecule has 1 rings (SSSR count). The molecule has 20 heavy (non-hydrogen) atoms. The first-order valence-electron chi connectivity index (χ1n) is 6.35. The predicted octanol–water partition coefficient (Wildman–Crippen LogP) is -4.73. The van der Waals surface area contributed by atoms with Crippen molar-refractivity contribution < 1.29 is 0 Å². The van der Waals surface area contributed by atoms with Gasteiger partial charge in [0.15, 0.2) is 0 Å². The molecule has 1 aromatic heterocycles. The zero-order valence-electron chi connectivity index (χ0n) is 12.2. The van der Waals surface area contributed by atoms with Gasteiger partial charge in [0.2, 0.25) is 0 Å². The van der Waals surface area contributed by atoms with Gasteiger partial charge in [0, 0.05) is 56.9 Å². The highest BCUT2D eigenvalue weighted by Gasteiger charge is 2.28. The van der Waals surface area contributed by atoms with Crippen LogP contribution in [0.2, 0.25) is 0 Å². The summed E-state index contributed by atoms with van der Waals surface area (Å²) in [5.74, 6) is 0. The van der Waals surface area contributed by atoms with E-state index in [0.29, 0.717) is 22.1 Å². The molecule has 0 spiro atoms. The Bertz CT molecular complexity index is 483. The molecule has 0 aliphatic carbocycles. The molecule has 0 saturated carbocycles. The van der Waals surface area contributed by atoms with E-state index in [1.165, 1.54) is 14.2 Å². The molecule has 0 unspecified atom stereocenters. The lowest BCUT2D eigenvalue weighted by Gasteiger charge is -2.31. The molecule has 0 saturated heterocycles. The molecule has 80 valence electrons. The largest absolute Gasteiger partial charge is 0.270 e. The first-order chi connectivity index (χ1) is 9.15. The Balaban J connectivity index is 3.79. The van der Waals surface area contributed by atoms with Crippen LogP contribution in [0, 0.1) is 0 Å². The second-order valence-electron chi connectivity index (χ2n) is 5.75. The van der Waals surface area contributed by atoms with Crippen molar-refractivity contribution in [2.24, 2.45) is 0 Å². The molecule has 1 aromatic rings. The minimum Gasteiger partial charge on any atom is -0.270 e. The van der Waals surface area contributed by atoms with Crippen LogP contribution >= 0.6 is 0 Å². The number of aromatic nitrogens is 1. The van der Waals surface area contributed by atoms with Crippen LogP contribution in [-0.4, -0.2) is 78.7 Å². The first kappa shape index (κ1) is 17.8. The summed E-state index contributed by atoms with van der Waals surface area (Å²) in [6.45, 7) is 4.66. The molecule has 14 radical (unpaired) electrons. The lowest BCUT2D eigenvalue weighted by atomic mass is 9.00. The smallest absolute Gasteiger partial charge is 0.140 e. The van der Waals surface area contributed by atoms with Gasteiger partial charge in [-0.15, -0.1) is 5.46 Å². The third-order valence-electron chi connectivity index (χ3n) is 3.09. The Hall–Kier alpha value is -0.201. The summed E-state index contributed by atoms with van der Waals surface area (Å²) in [6.07, 6.45) is 0. The number of rotatable bonds is 4. The van der Waals surface area contributed by atoms with Crippen LogP contribution in [0.3, 0.4) is 0 Å². The summed E-state index contributed by atoms with van der Waals surface area (Å²) in [5.41, 5.74) is 2.47. The number of hydrogen-bond acceptors (Lipinski definition) is 1. The molecular formula is C9H9B10N. The van der Waals surface area contributed by atoms with Gasteiger partial charge in [-0.1, -0.05) is 31.7 Å². The Kier molecular flexibility index (Phi) is 5.99. The summed E-state index contributed by atoms with van der Waals surface area (Å²) in [5, 5.41) is 0. The lowest BCUT2D eigenvalue weighted by molar-refractivity contribution is 0.575. The van der Waals surface area contributed by atoms with Crippen LogP contribution in [0.5, 0.6) is 0 Å². The molecule has 0 aromatic carbocycles. The quantitative estimate of drug-likeness (QED) is 0.481. The number of pyridine rings is 1. The molecular weight excluding hydrogens is 230 g/mol. The molecule has 0 amide bonds. The molecule has 0 N–H and O–H groups in total. The third-order valence-corrected chi connectivity index (χ3v) is 3.09. The van der Waals surface area contributed by atoms with Gasteiger partial charge in [-0.2, -0.15) is 0 Å². The van der Waals surface area contributed by atoms with Crippen LogP contribution in [0.15, 0.2) is 0 Å². The summed E-state index contributed by atoms with van der Waals surface area (Å²) in [6, 6.07) is 0. The van der Waals surface area contributed by atoms with Crippen LogP contribution in [0.4, 0.5) is 0 Å². The van der Waals surface area contributed by atoms with E-state index < -0.39 is 13.0 Å². The van der Waals surface area contributed by atoms with Crippen molar-refractivity contribution in [2.75, 3.05) is 0 Å². The van der Waals surface area contributed by atoms with E-state index in [4.69, 9.17) is 46.5 Å². The molecule has 0 bridgehead atoms. The van der Waals surface area contributed by atoms with E-state index in [2.05, 4.69) is 4.98 Å². The van der Waals surface area contributed by atoms with Gasteiger partial charge in [0.05, 0.1) is 20.2 Å². The molecule has 0 fully saturated rings. The molecule has 0 atom stereocenters.